The number of ether oxygens (including phenoxy) is 3. The number of esters is 3. The lowest BCUT2D eigenvalue weighted by Gasteiger charge is -2.18. The normalized spacial score (nSPS) is 12.4. The fourth-order valence-electron chi connectivity index (χ4n) is 7.83. The van der Waals surface area contributed by atoms with Crippen molar-refractivity contribution in [3.63, 3.8) is 0 Å². The minimum absolute atomic E-state index is 0.0629. The highest BCUT2D eigenvalue weighted by molar-refractivity contribution is 5.71. The maximum Gasteiger partial charge on any atom is 0.306 e. The number of rotatable bonds is 47. The van der Waals surface area contributed by atoms with Crippen molar-refractivity contribution in [2.45, 2.75) is 297 Å². The summed E-state index contributed by atoms with van der Waals surface area (Å²) in [5.74, 6) is 0.00282. The van der Waals surface area contributed by atoms with E-state index in [9.17, 15) is 14.4 Å². The molecule has 0 amide bonds. The van der Waals surface area contributed by atoms with Crippen LogP contribution in [-0.4, -0.2) is 37.2 Å². The van der Waals surface area contributed by atoms with E-state index in [0.717, 1.165) is 63.7 Å². The summed E-state index contributed by atoms with van der Waals surface area (Å²) < 4.78 is 16.8. The highest BCUT2D eigenvalue weighted by Crippen LogP contribution is 2.17. The van der Waals surface area contributed by atoms with Crippen LogP contribution in [-0.2, 0) is 28.6 Å². The molecule has 0 spiro atoms. The van der Waals surface area contributed by atoms with Crippen LogP contribution in [0.4, 0.5) is 0 Å². The quantitative estimate of drug-likeness (QED) is 0.0346. The van der Waals surface area contributed by atoms with Crippen LogP contribution in [0.15, 0.2) is 0 Å². The lowest BCUT2D eigenvalue weighted by molar-refractivity contribution is -0.167. The molecule has 0 aliphatic rings. The Hall–Kier alpha value is -1.59. The predicted octanol–water partition coefficient (Wildman–Crippen LogP) is 16.7. The first kappa shape index (κ1) is 56.4. The van der Waals surface area contributed by atoms with Gasteiger partial charge in [0, 0.05) is 19.3 Å². The van der Waals surface area contributed by atoms with Crippen LogP contribution < -0.4 is 0 Å². The molecule has 0 aliphatic heterocycles. The Kier molecular flexibility index (Phi) is 45.2. The summed E-state index contributed by atoms with van der Waals surface area (Å²) in [6.07, 6.45) is 47.9. The molecule has 6 nitrogen and oxygen atoms in total. The van der Waals surface area contributed by atoms with Gasteiger partial charge in [0.25, 0.3) is 0 Å². The van der Waals surface area contributed by atoms with E-state index in [2.05, 4.69) is 27.7 Å². The fraction of sp³-hybridized carbons (Fsp3) is 0.942. The van der Waals surface area contributed by atoms with Crippen LogP contribution in [0.5, 0.6) is 0 Å². The van der Waals surface area contributed by atoms with Gasteiger partial charge in [0.2, 0.25) is 0 Å². The summed E-state index contributed by atoms with van der Waals surface area (Å²) in [5, 5.41) is 0. The molecular weight excluding hydrogens is 721 g/mol. The lowest BCUT2D eigenvalue weighted by atomic mass is 9.99. The topological polar surface area (TPSA) is 78.9 Å². The molecule has 0 aromatic rings. The zero-order chi connectivity index (χ0) is 42.4. The molecule has 0 bridgehead atoms. The highest BCUT2D eigenvalue weighted by Gasteiger charge is 2.19. The number of carbonyl (C=O) groups excluding carboxylic acids is 3. The van der Waals surface area contributed by atoms with Crippen LogP contribution in [0.2, 0.25) is 0 Å². The van der Waals surface area contributed by atoms with Crippen molar-refractivity contribution in [3.8, 4) is 0 Å². The standard InChI is InChI=1S/C52H100O6/c1-5-8-10-12-14-16-18-20-22-24-26-31-35-39-43-50(53)56-46-49(47-57-51(54)44-40-36-32-29-28-30-34-38-42-48(4)7-3)58-52(55)45-41-37-33-27-25-23-21-19-17-15-13-11-9-6-2/h48-49H,5-47H2,1-4H3/t48?,49-/m0/s1. The fourth-order valence-corrected chi connectivity index (χ4v) is 7.83. The van der Waals surface area contributed by atoms with Gasteiger partial charge in [0.15, 0.2) is 6.10 Å². The molecule has 0 saturated carbocycles. The average molecular weight is 821 g/mol. The first-order valence-electron chi connectivity index (χ1n) is 25.9. The Bertz CT molecular complexity index is 874. The summed E-state index contributed by atoms with van der Waals surface area (Å²) >= 11 is 0. The van der Waals surface area contributed by atoms with Crippen molar-refractivity contribution in [2.24, 2.45) is 5.92 Å². The number of hydrogen-bond donors (Lipinski definition) is 0. The van der Waals surface area contributed by atoms with Gasteiger partial charge in [0.1, 0.15) is 13.2 Å². The second kappa shape index (κ2) is 46.5. The van der Waals surface area contributed by atoms with Crippen LogP contribution in [0, 0.1) is 5.92 Å². The molecule has 0 fully saturated rings. The maximum atomic E-state index is 12.8. The first-order chi connectivity index (χ1) is 28.4. The molecule has 0 saturated heterocycles. The molecule has 1 unspecified atom stereocenters. The van der Waals surface area contributed by atoms with Crippen LogP contribution >= 0.6 is 0 Å². The van der Waals surface area contributed by atoms with Crippen molar-refractivity contribution in [1.82, 2.24) is 0 Å². The molecular formula is C52H100O6. The zero-order valence-electron chi connectivity index (χ0n) is 39.5. The van der Waals surface area contributed by atoms with Gasteiger partial charge in [-0.2, -0.15) is 0 Å². The van der Waals surface area contributed by atoms with Gasteiger partial charge in [-0.3, -0.25) is 14.4 Å². The molecule has 0 radical (unpaired) electrons. The van der Waals surface area contributed by atoms with E-state index in [1.807, 2.05) is 0 Å². The number of carbonyl (C=O) groups is 3. The van der Waals surface area contributed by atoms with E-state index in [0.29, 0.717) is 19.3 Å². The second-order valence-electron chi connectivity index (χ2n) is 18.1. The largest absolute Gasteiger partial charge is 0.462 e. The van der Waals surface area contributed by atoms with Gasteiger partial charge in [-0.15, -0.1) is 0 Å². The molecule has 6 heteroatoms. The van der Waals surface area contributed by atoms with Crippen molar-refractivity contribution >= 4 is 17.9 Å². The molecule has 0 rings (SSSR count). The second-order valence-corrected chi connectivity index (χ2v) is 18.1. The monoisotopic (exact) mass is 821 g/mol. The smallest absolute Gasteiger partial charge is 0.306 e. The Morgan fingerprint density at radius 1 is 0.345 bits per heavy atom. The predicted molar refractivity (Wildman–Crippen MR) is 247 cm³/mol. The number of unbranched alkanes of at least 4 members (excludes halogenated alkanes) is 33. The van der Waals surface area contributed by atoms with Gasteiger partial charge < -0.3 is 14.2 Å². The highest BCUT2D eigenvalue weighted by atomic mass is 16.6. The SMILES string of the molecule is CCCCCCCCCCCCCCCCC(=O)OC[C@@H](COC(=O)CCCCCCCCCCC(C)CC)OC(=O)CCCCCCCCCCCCCCCC. The van der Waals surface area contributed by atoms with E-state index in [4.69, 9.17) is 14.2 Å². The molecule has 0 N–H and O–H groups in total. The Labute approximate surface area is 361 Å². The van der Waals surface area contributed by atoms with Crippen LogP contribution in [0.3, 0.4) is 0 Å². The lowest BCUT2D eigenvalue weighted by Crippen LogP contribution is -2.30. The first-order valence-corrected chi connectivity index (χ1v) is 25.9. The van der Waals surface area contributed by atoms with Crippen molar-refractivity contribution in [2.75, 3.05) is 13.2 Å². The molecule has 58 heavy (non-hydrogen) atoms. The number of hydrogen-bond acceptors (Lipinski definition) is 6. The van der Waals surface area contributed by atoms with E-state index in [1.165, 1.54) is 186 Å². The molecule has 0 heterocycles. The summed E-state index contributed by atoms with van der Waals surface area (Å²) in [4.78, 5) is 37.9. The van der Waals surface area contributed by atoms with E-state index in [1.54, 1.807) is 0 Å². The minimum atomic E-state index is -0.760. The molecule has 0 aromatic heterocycles. The summed E-state index contributed by atoms with van der Waals surface area (Å²) in [5.41, 5.74) is 0. The van der Waals surface area contributed by atoms with Gasteiger partial charge in [-0.05, 0) is 25.2 Å². The van der Waals surface area contributed by atoms with Crippen LogP contribution in [0.25, 0.3) is 0 Å². The van der Waals surface area contributed by atoms with Crippen molar-refractivity contribution in [1.29, 1.82) is 0 Å². The zero-order valence-corrected chi connectivity index (χ0v) is 39.5. The summed E-state index contributed by atoms with van der Waals surface area (Å²) in [6, 6.07) is 0. The maximum absolute atomic E-state index is 12.8. The summed E-state index contributed by atoms with van der Waals surface area (Å²) in [6.45, 7) is 9.03. The van der Waals surface area contributed by atoms with E-state index >= 15 is 0 Å². The third-order valence-corrected chi connectivity index (χ3v) is 12.2. The Morgan fingerprint density at radius 2 is 0.603 bits per heavy atom. The van der Waals surface area contributed by atoms with Gasteiger partial charge in [-0.25, -0.2) is 0 Å². The van der Waals surface area contributed by atoms with Gasteiger partial charge in [-0.1, -0.05) is 252 Å². The average Bonchev–Trinajstić information content (AvgIpc) is 3.22. The van der Waals surface area contributed by atoms with Gasteiger partial charge >= 0.3 is 17.9 Å². The molecule has 0 aliphatic carbocycles. The third-order valence-electron chi connectivity index (χ3n) is 12.2. The Balaban J connectivity index is 4.32. The molecule has 0 aromatic carbocycles. The minimum Gasteiger partial charge on any atom is -0.462 e. The Morgan fingerprint density at radius 3 is 0.897 bits per heavy atom. The summed E-state index contributed by atoms with van der Waals surface area (Å²) in [7, 11) is 0. The molecule has 344 valence electrons. The van der Waals surface area contributed by atoms with Crippen molar-refractivity contribution < 1.29 is 28.6 Å². The van der Waals surface area contributed by atoms with E-state index in [-0.39, 0.29) is 31.1 Å². The molecule has 2 atom stereocenters. The van der Waals surface area contributed by atoms with Crippen molar-refractivity contribution in [3.05, 3.63) is 0 Å². The van der Waals surface area contributed by atoms with E-state index < -0.39 is 6.10 Å². The third kappa shape index (κ3) is 44.0. The van der Waals surface area contributed by atoms with Gasteiger partial charge in [0.05, 0.1) is 0 Å². The van der Waals surface area contributed by atoms with Crippen LogP contribution in [0.1, 0.15) is 291 Å².